The van der Waals surface area contributed by atoms with Gasteiger partial charge in [-0.1, -0.05) is 0 Å². The number of aliphatic carboxylic acids is 1. The van der Waals surface area contributed by atoms with Gasteiger partial charge in [-0.25, -0.2) is 0 Å². The molecule has 0 bridgehead atoms. The van der Waals surface area contributed by atoms with Gasteiger partial charge in [0.25, 0.3) is 0 Å². The Kier molecular flexibility index (Phi) is 3.73. The highest BCUT2D eigenvalue weighted by Crippen LogP contribution is 2.21. The Morgan fingerprint density at radius 1 is 1.53 bits per heavy atom. The lowest BCUT2D eigenvalue weighted by molar-refractivity contribution is -0.142. The van der Waals surface area contributed by atoms with Gasteiger partial charge >= 0.3 is 5.97 Å². The molecule has 0 amide bonds. The van der Waals surface area contributed by atoms with E-state index in [9.17, 15) is 4.79 Å². The first-order chi connectivity index (χ1) is 6.84. The standard InChI is InChI=1S/C11H22N2O2/c1-8(2)13-6-9(10(14)15)5-12-7-11(13,3)4/h8-9,12H,5-7H2,1-4H3,(H,14,15). The van der Waals surface area contributed by atoms with E-state index < -0.39 is 5.97 Å². The largest absolute Gasteiger partial charge is 0.481 e. The van der Waals surface area contributed by atoms with E-state index in [0.717, 1.165) is 6.54 Å². The number of nitrogens with one attached hydrogen (secondary N) is 1. The lowest BCUT2D eigenvalue weighted by Crippen LogP contribution is -2.52. The van der Waals surface area contributed by atoms with Crippen LogP contribution in [0.4, 0.5) is 0 Å². The van der Waals surface area contributed by atoms with Crippen LogP contribution in [0.1, 0.15) is 27.7 Å². The Hall–Kier alpha value is -0.610. The van der Waals surface area contributed by atoms with Crippen LogP contribution in [-0.2, 0) is 4.79 Å². The summed E-state index contributed by atoms with van der Waals surface area (Å²) in [6.45, 7) is 10.6. The predicted octanol–water partition coefficient (Wildman–Crippen LogP) is 0.779. The fraction of sp³-hybridized carbons (Fsp3) is 0.909. The van der Waals surface area contributed by atoms with Crippen molar-refractivity contribution in [3.05, 3.63) is 0 Å². The van der Waals surface area contributed by atoms with Crippen LogP contribution in [-0.4, -0.2) is 47.2 Å². The molecular formula is C11H22N2O2. The molecule has 0 aromatic carbocycles. The summed E-state index contributed by atoms with van der Waals surface area (Å²) in [5, 5.41) is 12.3. The first kappa shape index (κ1) is 12.5. The molecule has 0 spiro atoms. The van der Waals surface area contributed by atoms with Crippen molar-refractivity contribution < 1.29 is 9.90 Å². The van der Waals surface area contributed by atoms with E-state index in [1.807, 2.05) is 0 Å². The molecule has 1 fully saturated rings. The molecule has 1 unspecified atom stereocenters. The number of hydrogen-bond donors (Lipinski definition) is 2. The van der Waals surface area contributed by atoms with E-state index in [0.29, 0.717) is 19.1 Å². The molecule has 0 radical (unpaired) electrons. The van der Waals surface area contributed by atoms with Gasteiger partial charge in [0.1, 0.15) is 0 Å². The summed E-state index contributed by atoms with van der Waals surface area (Å²) in [5.74, 6) is -1.000. The molecular weight excluding hydrogens is 192 g/mol. The predicted molar refractivity (Wildman–Crippen MR) is 59.9 cm³/mol. The van der Waals surface area contributed by atoms with Gasteiger partial charge in [0.2, 0.25) is 0 Å². The zero-order valence-corrected chi connectivity index (χ0v) is 10.1. The Bertz CT molecular complexity index is 239. The normalized spacial score (nSPS) is 27.7. The summed E-state index contributed by atoms with van der Waals surface area (Å²) in [4.78, 5) is 13.3. The molecule has 1 atom stereocenters. The third-order valence-electron chi connectivity index (χ3n) is 3.12. The lowest BCUT2D eigenvalue weighted by Gasteiger charge is -2.40. The van der Waals surface area contributed by atoms with Gasteiger partial charge in [-0.05, 0) is 27.7 Å². The first-order valence-electron chi connectivity index (χ1n) is 5.55. The topological polar surface area (TPSA) is 52.6 Å². The summed E-state index contributed by atoms with van der Waals surface area (Å²) in [5.41, 5.74) is 0.0262. The maximum absolute atomic E-state index is 11.0. The summed E-state index contributed by atoms with van der Waals surface area (Å²) in [6, 6.07) is 0.377. The fourth-order valence-electron chi connectivity index (χ4n) is 2.28. The lowest BCUT2D eigenvalue weighted by atomic mass is 10.00. The second-order valence-electron chi connectivity index (χ2n) is 5.22. The molecule has 15 heavy (non-hydrogen) atoms. The maximum atomic E-state index is 11.0. The van der Waals surface area contributed by atoms with Gasteiger partial charge in [-0.15, -0.1) is 0 Å². The average molecular weight is 214 g/mol. The Morgan fingerprint density at radius 2 is 2.13 bits per heavy atom. The van der Waals surface area contributed by atoms with Gasteiger partial charge in [0.15, 0.2) is 0 Å². The maximum Gasteiger partial charge on any atom is 0.309 e. The van der Waals surface area contributed by atoms with Crippen LogP contribution in [0.25, 0.3) is 0 Å². The molecule has 1 rings (SSSR count). The van der Waals surface area contributed by atoms with Crippen molar-refractivity contribution in [3.63, 3.8) is 0 Å². The van der Waals surface area contributed by atoms with Crippen LogP contribution >= 0.6 is 0 Å². The summed E-state index contributed by atoms with van der Waals surface area (Å²) in [6.07, 6.45) is 0. The van der Waals surface area contributed by atoms with Crippen LogP contribution in [0, 0.1) is 5.92 Å². The van der Waals surface area contributed by atoms with Crippen molar-refractivity contribution in [1.82, 2.24) is 10.2 Å². The molecule has 1 heterocycles. The Labute approximate surface area is 91.6 Å². The highest BCUT2D eigenvalue weighted by atomic mass is 16.4. The quantitative estimate of drug-likeness (QED) is 0.713. The third-order valence-corrected chi connectivity index (χ3v) is 3.12. The van der Waals surface area contributed by atoms with Crippen LogP contribution in [0.3, 0.4) is 0 Å². The van der Waals surface area contributed by atoms with Crippen molar-refractivity contribution in [2.24, 2.45) is 5.92 Å². The van der Waals surface area contributed by atoms with E-state index >= 15 is 0 Å². The van der Waals surface area contributed by atoms with Gasteiger partial charge in [0.05, 0.1) is 5.92 Å². The second-order valence-corrected chi connectivity index (χ2v) is 5.22. The average Bonchev–Trinajstić information content (AvgIpc) is 2.23. The number of nitrogens with zero attached hydrogens (tertiary/aromatic N) is 1. The van der Waals surface area contributed by atoms with E-state index in [-0.39, 0.29) is 11.5 Å². The summed E-state index contributed by atoms with van der Waals surface area (Å²) >= 11 is 0. The highest BCUT2D eigenvalue weighted by molar-refractivity contribution is 5.70. The molecule has 0 saturated carbocycles. The third kappa shape index (κ3) is 2.92. The molecule has 0 aromatic heterocycles. The van der Waals surface area contributed by atoms with Gasteiger partial charge < -0.3 is 10.4 Å². The molecule has 4 nitrogen and oxygen atoms in total. The van der Waals surface area contributed by atoms with Crippen molar-refractivity contribution in [3.8, 4) is 0 Å². The molecule has 0 aliphatic carbocycles. The van der Waals surface area contributed by atoms with Crippen molar-refractivity contribution in [1.29, 1.82) is 0 Å². The van der Waals surface area contributed by atoms with E-state index in [1.54, 1.807) is 0 Å². The minimum absolute atomic E-state index is 0.0262. The van der Waals surface area contributed by atoms with Crippen LogP contribution in [0.5, 0.6) is 0 Å². The zero-order chi connectivity index (χ0) is 11.6. The monoisotopic (exact) mass is 214 g/mol. The van der Waals surface area contributed by atoms with Crippen molar-refractivity contribution in [2.75, 3.05) is 19.6 Å². The molecule has 4 heteroatoms. The van der Waals surface area contributed by atoms with Crippen molar-refractivity contribution >= 4 is 5.97 Å². The summed E-state index contributed by atoms with van der Waals surface area (Å²) in [7, 11) is 0. The number of rotatable bonds is 2. The first-order valence-corrected chi connectivity index (χ1v) is 5.55. The highest BCUT2D eigenvalue weighted by Gasteiger charge is 2.35. The Morgan fingerprint density at radius 3 is 2.60 bits per heavy atom. The summed E-state index contributed by atoms with van der Waals surface area (Å²) < 4.78 is 0. The molecule has 1 aliphatic heterocycles. The van der Waals surface area contributed by atoms with Gasteiger partial charge in [-0.3, -0.25) is 9.69 Å². The van der Waals surface area contributed by atoms with Crippen LogP contribution < -0.4 is 5.32 Å². The minimum atomic E-state index is -0.703. The van der Waals surface area contributed by atoms with Crippen molar-refractivity contribution in [2.45, 2.75) is 39.3 Å². The number of hydrogen-bond acceptors (Lipinski definition) is 3. The van der Waals surface area contributed by atoms with Crippen LogP contribution in [0.15, 0.2) is 0 Å². The molecule has 1 saturated heterocycles. The number of carbonyl (C=O) groups is 1. The minimum Gasteiger partial charge on any atom is -0.481 e. The number of carboxylic acid groups (broad SMARTS) is 1. The molecule has 0 aromatic rings. The van der Waals surface area contributed by atoms with Gasteiger partial charge in [0, 0.05) is 31.2 Å². The molecule has 1 aliphatic rings. The number of carboxylic acids is 1. The van der Waals surface area contributed by atoms with E-state index in [4.69, 9.17) is 5.11 Å². The SMILES string of the molecule is CC(C)N1CC(C(=O)O)CNCC1(C)C. The zero-order valence-electron chi connectivity index (χ0n) is 10.1. The van der Waals surface area contributed by atoms with E-state index in [1.165, 1.54) is 0 Å². The Balaban J connectivity index is 2.81. The van der Waals surface area contributed by atoms with E-state index in [2.05, 4.69) is 37.9 Å². The molecule has 2 N–H and O–H groups in total. The smallest absolute Gasteiger partial charge is 0.309 e. The van der Waals surface area contributed by atoms with Gasteiger partial charge in [-0.2, -0.15) is 0 Å². The van der Waals surface area contributed by atoms with Crippen LogP contribution in [0.2, 0.25) is 0 Å². The second kappa shape index (κ2) is 4.49. The fourth-order valence-corrected chi connectivity index (χ4v) is 2.28. The molecule has 88 valence electrons.